The lowest BCUT2D eigenvalue weighted by Crippen LogP contribution is -2.42. The van der Waals surface area contributed by atoms with Crippen molar-refractivity contribution in [3.63, 3.8) is 0 Å². The summed E-state index contributed by atoms with van der Waals surface area (Å²) in [6.07, 6.45) is 7.60. The molecule has 2 heterocycles. The molecule has 1 fully saturated rings. The van der Waals surface area contributed by atoms with Crippen LogP contribution in [-0.4, -0.2) is 30.7 Å². The highest BCUT2D eigenvalue weighted by Gasteiger charge is 2.27. The monoisotopic (exact) mass is 345 g/mol. The number of rotatable bonds is 7. The molecule has 2 aliphatic heterocycles. The maximum absolute atomic E-state index is 12.7. The van der Waals surface area contributed by atoms with Gasteiger partial charge in [-0.05, 0) is 55.7 Å². The molecular formula is C21H31NO3. The predicted octanol–water partition coefficient (Wildman–Crippen LogP) is 4.41. The summed E-state index contributed by atoms with van der Waals surface area (Å²) in [5, 5.41) is 0. The fourth-order valence-corrected chi connectivity index (χ4v) is 3.97. The average molecular weight is 345 g/mol. The van der Waals surface area contributed by atoms with Gasteiger partial charge in [0.2, 0.25) is 12.7 Å². The maximum Gasteiger partial charge on any atom is 0.231 e. The van der Waals surface area contributed by atoms with Crippen LogP contribution in [0.2, 0.25) is 0 Å². The molecular weight excluding hydrogens is 314 g/mol. The van der Waals surface area contributed by atoms with Gasteiger partial charge in [-0.1, -0.05) is 32.8 Å². The third-order valence-corrected chi connectivity index (χ3v) is 5.64. The molecule has 1 atom stereocenters. The van der Waals surface area contributed by atoms with Gasteiger partial charge in [0.15, 0.2) is 11.5 Å². The molecule has 0 saturated carbocycles. The highest BCUT2D eigenvalue weighted by atomic mass is 16.7. The lowest BCUT2D eigenvalue weighted by atomic mass is 9.89. The van der Waals surface area contributed by atoms with Gasteiger partial charge in [-0.15, -0.1) is 0 Å². The number of unbranched alkanes of at least 4 members (excludes halogenated alkanes) is 1. The zero-order valence-electron chi connectivity index (χ0n) is 15.6. The standard InChI is InChI=1S/C21H31NO3/c1-3-5-6-18(4-2)21(23)22-11-9-16(10-12-22)13-17-7-8-19-20(14-17)25-15-24-19/h7-8,14,16,18H,3-6,9-13,15H2,1-2H3/t18-/m0/s1. The quantitative estimate of drug-likeness (QED) is 0.734. The Kier molecular flexibility index (Phi) is 6.22. The fraction of sp³-hybridized carbons (Fsp3) is 0.667. The first-order valence-electron chi connectivity index (χ1n) is 9.88. The smallest absolute Gasteiger partial charge is 0.231 e. The Bertz CT molecular complexity index is 579. The van der Waals surface area contributed by atoms with E-state index < -0.39 is 0 Å². The van der Waals surface area contributed by atoms with E-state index in [4.69, 9.17) is 9.47 Å². The van der Waals surface area contributed by atoms with Crippen LogP contribution in [0.25, 0.3) is 0 Å². The summed E-state index contributed by atoms with van der Waals surface area (Å²) in [4.78, 5) is 14.8. The molecule has 0 spiro atoms. The van der Waals surface area contributed by atoms with Gasteiger partial charge in [0.25, 0.3) is 0 Å². The number of fused-ring (bicyclic) bond motifs is 1. The molecule has 0 unspecified atom stereocenters. The molecule has 4 nitrogen and oxygen atoms in total. The first-order valence-corrected chi connectivity index (χ1v) is 9.88. The van der Waals surface area contributed by atoms with Crippen LogP contribution in [0, 0.1) is 11.8 Å². The zero-order valence-corrected chi connectivity index (χ0v) is 15.6. The Morgan fingerprint density at radius 3 is 2.68 bits per heavy atom. The van der Waals surface area contributed by atoms with Crippen LogP contribution in [0.4, 0.5) is 0 Å². The molecule has 0 bridgehead atoms. The van der Waals surface area contributed by atoms with Gasteiger partial charge in [0.1, 0.15) is 0 Å². The van der Waals surface area contributed by atoms with Crippen molar-refractivity contribution >= 4 is 5.91 Å². The highest BCUT2D eigenvalue weighted by molar-refractivity contribution is 5.78. The molecule has 25 heavy (non-hydrogen) atoms. The van der Waals surface area contributed by atoms with Crippen LogP contribution in [0.3, 0.4) is 0 Å². The largest absolute Gasteiger partial charge is 0.454 e. The van der Waals surface area contributed by atoms with Crippen LogP contribution in [0.15, 0.2) is 18.2 Å². The molecule has 0 radical (unpaired) electrons. The molecule has 1 amide bonds. The van der Waals surface area contributed by atoms with Crippen LogP contribution in [-0.2, 0) is 11.2 Å². The van der Waals surface area contributed by atoms with Gasteiger partial charge in [-0.2, -0.15) is 0 Å². The van der Waals surface area contributed by atoms with Crippen molar-refractivity contribution in [2.75, 3.05) is 19.9 Å². The van der Waals surface area contributed by atoms with E-state index in [1.807, 2.05) is 6.07 Å². The molecule has 2 aliphatic rings. The second-order valence-electron chi connectivity index (χ2n) is 7.41. The van der Waals surface area contributed by atoms with Gasteiger partial charge in [-0.25, -0.2) is 0 Å². The lowest BCUT2D eigenvalue weighted by molar-refractivity contribution is -0.137. The van der Waals surface area contributed by atoms with Crippen molar-refractivity contribution in [3.8, 4) is 11.5 Å². The Morgan fingerprint density at radius 2 is 1.96 bits per heavy atom. The molecule has 3 rings (SSSR count). The van der Waals surface area contributed by atoms with Crippen LogP contribution in [0.5, 0.6) is 11.5 Å². The van der Waals surface area contributed by atoms with Gasteiger partial charge in [-0.3, -0.25) is 4.79 Å². The highest BCUT2D eigenvalue weighted by Crippen LogP contribution is 2.34. The summed E-state index contributed by atoms with van der Waals surface area (Å²) in [5.74, 6) is 2.98. The first kappa shape index (κ1) is 18.1. The number of hydrogen-bond acceptors (Lipinski definition) is 3. The number of carbonyl (C=O) groups excluding carboxylic acids is 1. The van der Waals surface area contributed by atoms with E-state index in [1.54, 1.807) is 0 Å². The summed E-state index contributed by atoms with van der Waals surface area (Å²) < 4.78 is 10.9. The van der Waals surface area contributed by atoms with Crippen molar-refractivity contribution in [3.05, 3.63) is 23.8 Å². The third kappa shape index (κ3) is 4.47. The van der Waals surface area contributed by atoms with Crippen molar-refractivity contribution in [1.29, 1.82) is 0 Å². The summed E-state index contributed by atoms with van der Waals surface area (Å²) in [6.45, 7) is 6.49. The molecule has 1 aromatic carbocycles. The zero-order chi connectivity index (χ0) is 17.6. The second-order valence-corrected chi connectivity index (χ2v) is 7.41. The number of hydrogen-bond donors (Lipinski definition) is 0. The Balaban J connectivity index is 1.49. The summed E-state index contributed by atoms with van der Waals surface area (Å²) in [6, 6.07) is 6.26. The number of piperidine rings is 1. The van der Waals surface area contributed by atoms with Crippen LogP contribution in [0.1, 0.15) is 57.9 Å². The number of carbonyl (C=O) groups is 1. The second kappa shape index (κ2) is 8.59. The SMILES string of the molecule is CCCC[C@H](CC)C(=O)N1CCC(Cc2ccc3c(c2)OCO3)CC1. The average Bonchev–Trinajstić information content (AvgIpc) is 3.10. The van der Waals surface area contributed by atoms with Crippen LogP contribution < -0.4 is 9.47 Å². The van der Waals surface area contributed by atoms with E-state index in [0.29, 0.717) is 18.6 Å². The molecule has 0 N–H and O–H groups in total. The summed E-state index contributed by atoms with van der Waals surface area (Å²) in [5.41, 5.74) is 1.31. The van der Waals surface area contributed by atoms with Gasteiger partial charge >= 0.3 is 0 Å². The van der Waals surface area contributed by atoms with Crippen molar-refractivity contribution in [2.45, 2.75) is 58.8 Å². The molecule has 0 aliphatic carbocycles. The molecule has 1 aromatic rings. The maximum atomic E-state index is 12.7. The minimum atomic E-state index is 0.227. The van der Waals surface area contributed by atoms with Crippen LogP contribution >= 0.6 is 0 Å². The van der Waals surface area contributed by atoms with E-state index in [1.165, 1.54) is 12.0 Å². The molecule has 4 heteroatoms. The topological polar surface area (TPSA) is 38.8 Å². The third-order valence-electron chi connectivity index (χ3n) is 5.64. The van der Waals surface area contributed by atoms with Crippen molar-refractivity contribution in [1.82, 2.24) is 4.90 Å². The van der Waals surface area contributed by atoms with Crippen molar-refractivity contribution < 1.29 is 14.3 Å². The van der Waals surface area contributed by atoms with Gasteiger partial charge in [0.05, 0.1) is 0 Å². The minimum absolute atomic E-state index is 0.227. The predicted molar refractivity (Wildman–Crippen MR) is 98.9 cm³/mol. The summed E-state index contributed by atoms with van der Waals surface area (Å²) in [7, 11) is 0. The first-order chi connectivity index (χ1) is 12.2. The van der Waals surface area contributed by atoms with Gasteiger partial charge < -0.3 is 14.4 Å². The van der Waals surface area contributed by atoms with E-state index >= 15 is 0 Å². The number of amides is 1. The molecule has 1 saturated heterocycles. The molecule has 138 valence electrons. The lowest BCUT2D eigenvalue weighted by Gasteiger charge is -2.34. The number of ether oxygens (including phenoxy) is 2. The summed E-state index contributed by atoms with van der Waals surface area (Å²) >= 11 is 0. The number of nitrogens with zero attached hydrogens (tertiary/aromatic N) is 1. The van der Waals surface area contributed by atoms with E-state index in [-0.39, 0.29) is 5.92 Å². The Hall–Kier alpha value is -1.71. The van der Waals surface area contributed by atoms with Crippen molar-refractivity contribution in [2.24, 2.45) is 11.8 Å². The Morgan fingerprint density at radius 1 is 1.20 bits per heavy atom. The number of benzene rings is 1. The Labute approximate surface area is 151 Å². The normalized spacial score (nSPS) is 18.4. The minimum Gasteiger partial charge on any atom is -0.454 e. The fourth-order valence-electron chi connectivity index (χ4n) is 3.97. The van der Waals surface area contributed by atoms with E-state index in [2.05, 4.69) is 30.9 Å². The number of likely N-dealkylation sites (tertiary alicyclic amines) is 1. The van der Waals surface area contributed by atoms with Gasteiger partial charge in [0, 0.05) is 19.0 Å². The van der Waals surface area contributed by atoms with E-state index in [9.17, 15) is 4.79 Å². The molecule has 0 aromatic heterocycles. The van der Waals surface area contributed by atoms with E-state index in [0.717, 1.165) is 63.1 Å².